The van der Waals surface area contributed by atoms with E-state index in [4.69, 9.17) is 9.47 Å². The molecule has 0 radical (unpaired) electrons. The lowest BCUT2D eigenvalue weighted by Gasteiger charge is -2.13. The average Bonchev–Trinajstić information content (AvgIpc) is 3.27. The fourth-order valence-electron chi connectivity index (χ4n) is 3.53. The first kappa shape index (κ1) is 25.1. The molecule has 1 aromatic carbocycles. The molecule has 2 N–H and O–H groups in total. The smallest absolute Gasteiger partial charge is 0.267 e. The maximum Gasteiger partial charge on any atom is 0.267 e. The highest BCUT2D eigenvalue weighted by molar-refractivity contribution is 7.92. The number of rotatable bonds is 10. The summed E-state index contributed by atoms with van der Waals surface area (Å²) in [6.07, 6.45) is 4.20. The number of sulfonamides is 1. The Morgan fingerprint density at radius 3 is 2.47 bits per heavy atom. The highest BCUT2D eigenvalue weighted by atomic mass is 32.2. The van der Waals surface area contributed by atoms with E-state index < -0.39 is 10.0 Å². The molecular formula is C24H27N7O4S. The molecule has 4 aromatic rings. The van der Waals surface area contributed by atoms with Crippen molar-refractivity contribution in [3.63, 3.8) is 0 Å². The quantitative estimate of drug-likeness (QED) is 0.308. The van der Waals surface area contributed by atoms with Crippen LogP contribution in [0.5, 0.6) is 11.6 Å². The van der Waals surface area contributed by atoms with Gasteiger partial charge in [0.2, 0.25) is 11.8 Å². The number of pyridine rings is 1. The monoisotopic (exact) mass is 509 g/mol. The molecule has 0 unspecified atom stereocenters. The van der Waals surface area contributed by atoms with E-state index in [-0.39, 0.29) is 16.7 Å². The van der Waals surface area contributed by atoms with Gasteiger partial charge in [0.05, 0.1) is 24.7 Å². The van der Waals surface area contributed by atoms with Gasteiger partial charge in [-0.2, -0.15) is 10.1 Å². The molecule has 0 saturated carbocycles. The van der Waals surface area contributed by atoms with E-state index in [0.29, 0.717) is 30.4 Å². The Morgan fingerprint density at radius 1 is 1.06 bits per heavy atom. The summed E-state index contributed by atoms with van der Waals surface area (Å²) in [7, 11) is -0.698. The number of nitrogens with one attached hydrogen (secondary N) is 2. The number of aromatic nitrogens is 5. The number of methoxy groups -OCH3 is 1. The topological polar surface area (TPSA) is 133 Å². The van der Waals surface area contributed by atoms with Crippen LogP contribution < -0.4 is 14.8 Å². The maximum atomic E-state index is 12.9. The molecule has 188 valence electrons. The van der Waals surface area contributed by atoms with Gasteiger partial charge in [-0.15, -0.1) is 0 Å². The molecule has 0 aliphatic rings. The van der Waals surface area contributed by atoms with Gasteiger partial charge in [-0.1, -0.05) is 18.2 Å². The van der Waals surface area contributed by atoms with Crippen LogP contribution in [0, 0.1) is 13.8 Å². The van der Waals surface area contributed by atoms with Crippen LogP contribution in [-0.4, -0.2) is 53.4 Å². The zero-order valence-electron chi connectivity index (χ0n) is 20.4. The Balaban J connectivity index is 1.68. The van der Waals surface area contributed by atoms with Gasteiger partial charge in [0.25, 0.3) is 10.0 Å². The van der Waals surface area contributed by atoms with Crippen molar-refractivity contribution in [1.82, 2.24) is 24.7 Å². The third-order valence-corrected chi connectivity index (χ3v) is 6.51. The molecule has 0 aliphatic heterocycles. The number of hydrogen-bond donors (Lipinski definition) is 2. The highest BCUT2D eigenvalue weighted by Crippen LogP contribution is 2.31. The van der Waals surface area contributed by atoms with E-state index >= 15 is 0 Å². The molecule has 0 aliphatic carbocycles. The summed E-state index contributed by atoms with van der Waals surface area (Å²) in [6, 6.07) is 11.1. The Morgan fingerprint density at radius 2 is 1.83 bits per heavy atom. The third-order valence-electron chi connectivity index (χ3n) is 5.23. The van der Waals surface area contributed by atoms with Crippen LogP contribution in [-0.2, 0) is 21.8 Å². The molecule has 0 bridgehead atoms. The Labute approximate surface area is 209 Å². The fourth-order valence-corrected chi connectivity index (χ4v) is 4.46. The van der Waals surface area contributed by atoms with Crippen LogP contribution in [0.2, 0.25) is 0 Å². The van der Waals surface area contributed by atoms with Crippen molar-refractivity contribution in [1.29, 1.82) is 0 Å². The van der Waals surface area contributed by atoms with Crippen molar-refractivity contribution >= 4 is 21.8 Å². The highest BCUT2D eigenvalue weighted by Gasteiger charge is 2.20. The van der Waals surface area contributed by atoms with E-state index in [1.165, 1.54) is 17.1 Å². The number of ether oxygens (including phenoxy) is 2. The molecule has 3 heterocycles. The van der Waals surface area contributed by atoms with Crippen molar-refractivity contribution in [3.8, 4) is 22.9 Å². The van der Waals surface area contributed by atoms with Gasteiger partial charge < -0.3 is 14.8 Å². The van der Waals surface area contributed by atoms with Crippen molar-refractivity contribution in [3.05, 3.63) is 66.1 Å². The van der Waals surface area contributed by atoms with E-state index in [0.717, 1.165) is 16.7 Å². The first-order valence-electron chi connectivity index (χ1n) is 11.1. The lowest BCUT2D eigenvalue weighted by Crippen LogP contribution is -2.15. The summed E-state index contributed by atoms with van der Waals surface area (Å²) in [6.45, 7) is 5.10. The molecule has 36 heavy (non-hydrogen) atoms. The van der Waals surface area contributed by atoms with E-state index in [2.05, 4.69) is 30.1 Å². The average molecular weight is 510 g/mol. The van der Waals surface area contributed by atoms with E-state index in [1.807, 2.05) is 32.0 Å². The third kappa shape index (κ3) is 5.96. The van der Waals surface area contributed by atoms with E-state index in [1.54, 1.807) is 38.6 Å². The van der Waals surface area contributed by atoms with Gasteiger partial charge in [0, 0.05) is 38.5 Å². The van der Waals surface area contributed by atoms with Crippen molar-refractivity contribution in [2.24, 2.45) is 7.05 Å². The number of aryl methyl sites for hydroxylation is 3. The van der Waals surface area contributed by atoms with Gasteiger partial charge >= 0.3 is 0 Å². The van der Waals surface area contributed by atoms with Crippen LogP contribution in [0.4, 0.5) is 11.8 Å². The zero-order chi connectivity index (χ0) is 25.7. The van der Waals surface area contributed by atoms with Crippen LogP contribution in [0.3, 0.4) is 0 Å². The summed E-state index contributed by atoms with van der Waals surface area (Å²) in [5.74, 6) is 1.14. The zero-order valence-corrected chi connectivity index (χ0v) is 21.2. The predicted molar refractivity (Wildman–Crippen MR) is 136 cm³/mol. The number of anilines is 2. The van der Waals surface area contributed by atoms with Crippen LogP contribution in [0.15, 0.2) is 59.9 Å². The molecule has 3 aromatic heterocycles. The molecule has 0 amide bonds. The largest absolute Gasteiger partial charge is 0.437 e. The standard InChI is InChI=1S/C24H27N7O4S/c1-16-6-5-7-17(2)23(16)20-12-22(35-18-8-9-21(26-13-18)25-10-11-34-4)29-24(28-20)30-36(32,33)19-14-27-31(3)15-19/h5-9,12-15H,10-11H2,1-4H3,(H,25,26)(H,28,29,30). The predicted octanol–water partition coefficient (Wildman–Crippen LogP) is 3.54. The first-order valence-corrected chi connectivity index (χ1v) is 12.6. The molecule has 0 atom stereocenters. The van der Waals surface area contributed by atoms with Gasteiger partial charge in [0.15, 0.2) is 0 Å². The molecule has 12 heteroatoms. The summed E-state index contributed by atoms with van der Waals surface area (Å²) in [4.78, 5) is 13.1. The second-order valence-corrected chi connectivity index (χ2v) is 9.72. The molecule has 0 spiro atoms. The maximum absolute atomic E-state index is 12.9. The second kappa shape index (κ2) is 10.7. The van der Waals surface area contributed by atoms with Crippen molar-refractivity contribution in [2.75, 3.05) is 30.3 Å². The Kier molecular flexibility index (Phi) is 7.46. The first-order chi connectivity index (χ1) is 17.2. The molecule has 4 rings (SSSR count). The Bertz CT molecular complexity index is 1430. The van der Waals surface area contributed by atoms with Gasteiger partial charge in [-0.25, -0.2) is 23.1 Å². The summed E-state index contributed by atoms with van der Waals surface area (Å²) < 4.78 is 40.6. The van der Waals surface area contributed by atoms with Crippen molar-refractivity contribution < 1.29 is 17.9 Å². The Hall–Kier alpha value is -4.03. The minimum absolute atomic E-state index is 0.00527. The molecule has 0 fully saturated rings. The van der Waals surface area contributed by atoms with Crippen LogP contribution >= 0.6 is 0 Å². The second-order valence-electron chi connectivity index (χ2n) is 8.04. The summed E-state index contributed by atoms with van der Waals surface area (Å²) >= 11 is 0. The van der Waals surface area contributed by atoms with Crippen LogP contribution in [0.1, 0.15) is 11.1 Å². The van der Waals surface area contributed by atoms with Gasteiger partial charge in [0.1, 0.15) is 16.5 Å². The summed E-state index contributed by atoms with van der Waals surface area (Å²) in [5.41, 5.74) is 3.34. The van der Waals surface area contributed by atoms with Gasteiger partial charge in [-0.05, 0) is 37.1 Å². The lowest BCUT2D eigenvalue weighted by atomic mass is 10.00. The SMILES string of the molecule is COCCNc1ccc(Oc2cc(-c3c(C)cccc3C)nc(NS(=O)(=O)c3cnn(C)c3)n2)cn1. The molecular weight excluding hydrogens is 482 g/mol. The number of hydrogen-bond acceptors (Lipinski definition) is 9. The van der Waals surface area contributed by atoms with Crippen molar-refractivity contribution in [2.45, 2.75) is 18.7 Å². The van der Waals surface area contributed by atoms with Gasteiger partial charge in [-0.3, -0.25) is 4.68 Å². The molecule has 11 nitrogen and oxygen atoms in total. The normalized spacial score (nSPS) is 11.3. The number of benzene rings is 1. The van der Waals surface area contributed by atoms with E-state index in [9.17, 15) is 8.42 Å². The fraction of sp³-hybridized carbons (Fsp3) is 0.250. The minimum atomic E-state index is -3.96. The number of nitrogens with zero attached hydrogens (tertiary/aromatic N) is 5. The van der Waals surface area contributed by atoms with Crippen LogP contribution in [0.25, 0.3) is 11.3 Å². The molecule has 0 saturated heterocycles. The lowest BCUT2D eigenvalue weighted by molar-refractivity contribution is 0.210. The summed E-state index contributed by atoms with van der Waals surface area (Å²) in [5, 5.41) is 7.06. The minimum Gasteiger partial charge on any atom is -0.437 e.